The highest BCUT2D eigenvalue weighted by molar-refractivity contribution is 7.92. The van der Waals surface area contributed by atoms with Gasteiger partial charge in [0.2, 0.25) is 15.9 Å². The van der Waals surface area contributed by atoms with E-state index in [0.29, 0.717) is 31.8 Å². The van der Waals surface area contributed by atoms with E-state index in [-0.39, 0.29) is 5.91 Å². The number of carbonyl (C=O) groups is 1. The summed E-state index contributed by atoms with van der Waals surface area (Å²) in [4.78, 5) is 12.2. The zero-order chi connectivity index (χ0) is 21.3. The van der Waals surface area contributed by atoms with Gasteiger partial charge in [0.1, 0.15) is 0 Å². The molecule has 0 saturated carbocycles. The van der Waals surface area contributed by atoms with Gasteiger partial charge in [0.15, 0.2) is 0 Å². The molecule has 160 valence electrons. The first-order valence-corrected chi connectivity index (χ1v) is 12.3. The summed E-state index contributed by atoms with van der Waals surface area (Å²) in [5.74, 6) is 0.523. The lowest BCUT2D eigenvalue weighted by atomic mass is 9.99. The first-order valence-electron chi connectivity index (χ1n) is 10.4. The van der Waals surface area contributed by atoms with E-state index in [0.717, 1.165) is 35.2 Å². The number of unbranched alkanes of at least 4 members (excludes halogenated alkanes) is 1. The molecule has 0 fully saturated rings. The normalized spacial score (nSPS) is 12.6. The van der Waals surface area contributed by atoms with Crippen molar-refractivity contribution in [3.63, 3.8) is 0 Å². The number of benzene rings is 1. The maximum Gasteiger partial charge on any atom is 0.232 e. The summed E-state index contributed by atoms with van der Waals surface area (Å²) in [6.07, 6.45) is 6.62. The molecule has 0 heterocycles. The number of hydrogen-bond acceptors (Lipinski definition) is 3. The minimum absolute atomic E-state index is 0.000694. The number of aryl methyl sites for hydroxylation is 3. The van der Waals surface area contributed by atoms with Gasteiger partial charge in [-0.25, -0.2) is 8.42 Å². The Hall–Kier alpha value is -1.56. The summed E-state index contributed by atoms with van der Waals surface area (Å²) in [6.45, 7) is 11.2. The van der Waals surface area contributed by atoms with Crippen molar-refractivity contribution in [3.05, 3.63) is 28.8 Å². The molecule has 6 heteroatoms. The fourth-order valence-corrected chi connectivity index (χ4v) is 4.76. The van der Waals surface area contributed by atoms with Crippen LogP contribution in [0.1, 0.15) is 69.1 Å². The van der Waals surface area contributed by atoms with Crippen molar-refractivity contribution in [1.29, 1.82) is 0 Å². The average molecular weight is 411 g/mol. The van der Waals surface area contributed by atoms with E-state index in [9.17, 15) is 13.2 Å². The van der Waals surface area contributed by atoms with Crippen molar-refractivity contribution < 1.29 is 13.2 Å². The average Bonchev–Trinajstić information content (AvgIpc) is 2.58. The Morgan fingerprint density at radius 3 is 2.21 bits per heavy atom. The van der Waals surface area contributed by atoms with Crippen LogP contribution in [0, 0.1) is 26.7 Å². The Labute approximate surface area is 172 Å². The predicted octanol–water partition coefficient (Wildman–Crippen LogP) is 4.49. The molecule has 0 radical (unpaired) electrons. The van der Waals surface area contributed by atoms with Gasteiger partial charge in [-0.1, -0.05) is 50.8 Å². The standard InChI is InChI=1S/C22H38N2O3S/c1-7-9-11-20(8-2)16-23-21(25)12-10-13-24(28(6,26)27)22-18(4)14-17(3)15-19(22)5/h14-15,20H,7-13,16H2,1-6H3,(H,23,25)/t20-/m1/s1. The minimum atomic E-state index is -3.41. The molecule has 1 aromatic carbocycles. The summed E-state index contributed by atoms with van der Waals surface area (Å²) < 4.78 is 26.2. The summed E-state index contributed by atoms with van der Waals surface area (Å²) in [6, 6.07) is 3.99. The Morgan fingerprint density at radius 2 is 1.71 bits per heavy atom. The smallest absolute Gasteiger partial charge is 0.232 e. The number of sulfonamides is 1. The zero-order valence-corrected chi connectivity index (χ0v) is 19.3. The van der Waals surface area contributed by atoms with Gasteiger partial charge >= 0.3 is 0 Å². The van der Waals surface area contributed by atoms with Gasteiger partial charge in [-0.05, 0) is 50.7 Å². The van der Waals surface area contributed by atoms with Crippen molar-refractivity contribution in [2.45, 2.75) is 73.1 Å². The van der Waals surface area contributed by atoms with E-state index in [1.54, 1.807) is 0 Å². The largest absolute Gasteiger partial charge is 0.356 e. The number of anilines is 1. The Bertz CT molecular complexity index is 721. The molecule has 5 nitrogen and oxygen atoms in total. The molecule has 0 aliphatic heterocycles. The van der Waals surface area contributed by atoms with Crippen molar-refractivity contribution in [3.8, 4) is 0 Å². The van der Waals surface area contributed by atoms with Crippen LogP contribution in [0.25, 0.3) is 0 Å². The number of amides is 1. The molecular formula is C22H38N2O3S. The third kappa shape index (κ3) is 7.82. The number of nitrogens with zero attached hydrogens (tertiary/aromatic N) is 1. The van der Waals surface area contributed by atoms with Crippen LogP contribution in [-0.2, 0) is 14.8 Å². The van der Waals surface area contributed by atoms with Gasteiger partial charge in [-0.3, -0.25) is 9.10 Å². The van der Waals surface area contributed by atoms with Crippen LogP contribution in [0.5, 0.6) is 0 Å². The van der Waals surface area contributed by atoms with Crippen LogP contribution >= 0.6 is 0 Å². The van der Waals surface area contributed by atoms with Crippen molar-refractivity contribution in [2.24, 2.45) is 5.92 Å². The number of rotatable bonds is 12. The van der Waals surface area contributed by atoms with Crippen molar-refractivity contribution >= 4 is 21.6 Å². The van der Waals surface area contributed by atoms with Gasteiger partial charge < -0.3 is 5.32 Å². The maximum absolute atomic E-state index is 12.4. The molecule has 1 amide bonds. The van der Waals surface area contributed by atoms with E-state index in [1.165, 1.54) is 23.4 Å². The lowest BCUT2D eigenvalue weighted by Crippen LogP contribution is -2.34. The van der Waals surface area contributed by atoms with E-state index in [1.807, 2.05) is 32.9 Å². The molecule has 1 rings (SSSR count). The Kier molecular flexibility index (Phi) is 10.0. The molecule has 0 bridgehead atoms. The van der Waals surface area contributed by atoms with E-state index in [4.69, 9.17) is 0 Å². The summed E-state index contributed by atoms with van der Waals surface area (Å²) in [7, 11) is -3.41. The Morgan fingerprint density at radius 1 is 1.11 bits per heavy atom. The van der Waals surface area contributed by atoms with Crippen molar-refractivity contribution in [1.82, 2.24) is 5.32 Å². The van der Waals surface area contributed by atoms with E-state index < -0.39 is 10.0 Å². The molecule has 0 saturated heterocycles. The topological polar surface area (TPSA) is 66.5 Å². The van der Waals surface area contributed by atoms with Gasteiger partial charge in [0.05, 0.1) is 11.9 Å². The second-order valence-electron chi connectivity index (χ2n) is 7.91. The number of hydrogen-bond donors (Lipinski definition) is 1. The van der Waals surface area contributed by atoms with Gasteiger partial charge in [0.25, 0.3) is 0 Å². The van der Waals surface area contributed by atoms with Crippen LogP contribution in [0.2, 0.25) is 0 Å². The quantitative estimate of drug-likeness (QED) is 0.552. The van der Waals surface area contributed by atoms with Crippen LogP contribution in [0.15, 0.2) is 12.1 Å². The van der Waals surface area contributed by atoms with E-state index in [2.05, 4.69) is 19.2 Å². The minimum Gasteiger partial charge on any atom is -0.356 e. The fourth-order valence-electron chi connectivity index (χ4n) is 3.68. The maximum atomic E-state index is 12.4. The third-order valence-corrected chi connectivity index (χ3v) is 6.35. The molecule has 1 atom stereocenters. The highest BCUT2D eigenvalue weighted by Crippen LogP contribution is 2.28. The lowest BCUT2D eigenvalue weighted by Gasteiger charge is -2.26. The molecule has 0 aromatic heterocycles. The monoisotopic (exact) mass is 410 g/mol. The molecular weight excluding hydrogens is 372 g/mol. The molecule has 1 aromatic rings. The summed E-state index contributed by atoms with van der Waals surface area (Å²) in [5.41, 5.74) is 3.72. The Balaban J connectivity index is 2.68. The summed E-state index contributed by atoms with van der Waals surface area (Å²) in [5, 5.41) is 3.02. The predicted molar refractivity (Wildman–Crippen MR) is 118 cm³/mol. The van der Waals surface area contributed by atoms with Crippen LogP contribution < -0.4 is 9.62 Å². The first kappa shape index (κ1) is 24.5. The zero-order valence-electron chi connectivity index (χ0n) is 18.5. The van der Waals surface area contributed by atoms with Crippen molar-refractivity contribution in [2.75, 3.05) is 23.7 Å². The lowest BCUT2D eigenvalue weighted by molar-refractivity contribution is -0.121. The molecule has 0 spiro atoms. The summed E-state index contributed by atoms with van der Waals surface area (Å²) >= 11 is 0. The first-order chi connectivity index (χ1) is 13.1. The third-order valence-electron chi connectivity index (χ3n) is 5.18. The molecule has 1 N–H and O–H groups in total. The van der Waals surface area contributed by atoms with Crippen LogP contribution in [-0.4, -0.2) is 33.7 Å². The van der Waals surface area contributed by atoms with Gasteiger partial charge in [-0.2, -0.15) is 0 Å². The number of carbonyl (C=O) groups excluding carboxylic acids is 1. The van der Waals surface area contributed by atoms with Crippen LogP contribution in [0.3, 0.4) is 0 Å². The molecule has 28 heavy (non-hydrogen) atoms. The fraction of sp³-hybridized carbons (Fsp3) is 0.682. The van der Waals surface area contributed by atoms with Gasteiger partial charge in [-0.15, -0.1) is 0 Å². The van der Waals surface area contributed by atoms with Gasteiger partial charge in [0, 0.05) is 19.5 Å². The van der Waals surface area contributed by atoms with E-state index >= 15 is 0 Å². The highest BCUT2D eigenvalue weighted by Gasteiger charge is 2.21. The molecule has 0 aliphatic rings. The second kappa shape index (κ2) is 11.4. The SMILES string of the molecule is CCCC[C@@H](CC)CNC(=O)CCCN(c1c(C)cc(C)cc1C)S(C)(=O)=O. The molecule has 0 aliphatic carbocycles. The second-order valence-corrected chi connectivity index (χ2v) is 9.81. The highest BCUT2D eigenvalue weighted by atomic mass is 32.2. The number of nitrogens with one attached hydrogen (secondary N) is 1. The molecule has 0 unspecified atom stereocenters. The van der Waals surface area contributed by atoms with Crippen LogP contribution in [0.4, 0.5) is 5.69 Å².